The van der Waals surface area contributed by atoms with Gasteiger partial charge in [0.15, 0.2) is 0 Å². The lowest BCUT2D eigenvalue weighted by molar-refractivity contribution is -0.144. The minimum absolute atomic E-state index is 0.297. The monoisotopic (exact) mass is 550 g/mol. The van der Waals surface area contributed by atoms with Crippen LogP contribution in [0, 0.1) is 0 Å². The average Bonchev–Trinajstić information content (AvgIpc) is 2.76. The average molecular weight is 550 g/mol. The fourth-order valence-electron chi connectivity index (χ4n) is 3.03. The molecule has 0 aliphatic heterocycles. The van der Waals surface area contributed by atoms with Crippen molar-refractivity contribution in [1.29, 1.82) is 0 Å². The predicted octanol–water partition coefficient (Wildman–Crippen LogP) is -3.37. The first-order chi connectivity index (χ1) is 17.6. The summed E-state index contributed by atoms with van der Waals surface area (Å²) in [5.41, 5.74) is 0. The number of carboxylic acid groups (broad SMARTS) is 6. The number of carboxylic acids is 6. The summed E-state index contributed by atoms with van der Waals surface area (Å²) in [5, 5.41) is 58.0. The molecule has 2 unspecified atom stereocenters. The van der Waals surface area contributed by atoms with Crippen molar-refractivity contribution in [3.63, 3.8) is 0 Å². The van der Waals surface area contributed by atoms with Crippen molar-refractivity contribution in [3.05, 3.63) is 0 Å². The van der Waals surface area contributed by atoms with E-state index >= 15 is 0 Å². The molecule has 0 aliphatic carbocycles. The van der Waals surface area contributed by atoms with E-state index in [2.05, 4.69) is 10.6 Å². The molecule has 0 fully saturated rings. The highest BCUT2D eigenvalue weighted by molar-refractivity contribution is 5.86. The number of hydrogen-bond donors (Lipinski definition) is 8. The Morgan fingerprint density at radius 1 is 0.500 bits per heavy atom. The maximum atomic E-state index is 12.3. The smallest absolute Gasteiger partial charge is 0.326 e. The molecule has 0 aromatic heterocycles. The van der Waals surface area contributed by atoms with Crippen LogP contribution in [0.2, 0.25) is 0 Å². The van der Waals surface area contributed by atoms with Crippen LogP contribution in [0.5, 0.6) is 0 Å². The first-order valence-electron chi connectivity index (χ1n) is 11.0. The van der Waals surface area contributed by atoms with Gasteiger partial charge in [0.05, 0.1) is 26.2 Å². The van der Waals surface area contributed by atoms with Gasteiger partial charge in [-0.05, 0) is 12.8 Å². The van der Waals surface area contributed by atoms with Crippen molar-refractivity contribution in [3.8, 4) is 0 Å². The Labute approximate surface area is 214 Å². The van der Waals surface area contributed by atoms with Gasteiger partial charge in [0.1, 0.15) is 12.1 Å². The summed E-state index contributed by atoms with van der Waals surface area (Å²) in [5.74, 6) is -10.3. The number of amides is 2. The third kappa shape index (κ3) is 16.4. The minimum Gasteiger partial charge on any atom is -0.481 e. The molecule has 0 spiro atoms. The van der Waals surface area contributed by atoms with E-state index in [1.54, 1.807) is 0 Å². The number of nitrogens with one attached hydrogen (secondary N) is 2. The predicted molar refractivity (Wildman–Crippen MR) is 121 cm³/mol. The summed E-state index contributed by atoms with van der Waals surface area (Å²) in [4.78, 5) is 92.7. The molecule has 0 heterocycles. The Hall–Kier alpha value is -4.32. The van der Waals surface area contributed by atoms with Gasteiger partial charge in [0, 0.05) is 25.9 Å². The van der Waals surface area contributed by atoms with Gasteiger partial charge >= 0.3 is 35.8 Å². The van der Waals surface area contributed by atoms with Crippen LogP contribution in [0.15, 0.2) is 0 Å². The van der Waals surface area contributed by atoms with Crippen molar-refractivity contribution in [2.24, 2.45) is 0 Å². The molecule has 0 saturated heterocycles. The zero-order chi connectivity index (χ0) is 29.4. The van der Waals surface area contributed by atoms with Crippen LogP contribution in [0.4, 0.5) is 0 Å². The zero-order valence-corrected chi connectivity index (χ0v) is 20.1. The maximum absolute atomic E-state index is 12.3. The second kappa shape index (κ2) is 17.2. The lowest BCUT2D eigenvalue weighted by atomic mass is 10.1. The van der Waals surface area contributed by atoms with Crippen LogP contribution in [0.1, 0.15) is 25.7 Å². The van der Waals surface area contributed by atoms with E-state index in [-0.39, 0.29) is 13.1 Å². The molecule has 0 aliphatic rings. The number of hydrogen-bond acceptors (Lipinski definition) is 10. The molecule has 0 bridgehead atoms. The van der Waals surface area contributed by atoms with Gasteiger partial charge in [-0.3, -0.25) is 38.6 Å². The highest BCUT2D eigenvalue weighted by Crippen LogP contribution is 2.01. The van der Waals surface area contributed by atoms with Crippen LogP contribution in [-0.4, -0.2) is 139 Å². The van der Waals surface area contributed by atoms with E-state index < -0.39 is 112 Å². The molecule has 214 valence electrons. The Morgan fingerprint density at radius 3 is 1.05 bits per heavy atom. The Balaban J connectivity index is 5.26. The van der Waals surface area contributed by atoms with Crippen LogP contribution < -0.4 is 10.6 Å². The largest absolute Gasteiger partial charge is 0.481 e. The molecule has 2 amide bonds. The van der Waals surface area contributed by atoms with E-state index in [1.165, 1.54) is 0 Å². The van der Waals surface area contributed by atoms with E-state index in [1.807, 2.05) is 0 Å². The van der Waals surface area contributed by atoms with Gasteiger partial charge in [0.2, 0.25) is 11.8 Å². The quantitative estimate of drug-likeness (QED) is 0.0691. The first kappa shape index (κ1) is 33.7. The number of nitrogens with zero attached hydrogens (tertiary/aromatic N) is 2. The molecular formula is C20H30N4O14. The van der Waals surface area contributed by atoms with Crippen molar-refractivity contribution < 1.29 is 69.0 Å². The molecule has 18 nitrogen and oxygen atoms in total. The van der Waals surface area contributed by atoms with Gasteiger partial charge in [0.25, 0.3) is 0 Å². The molecule has 0 saturated carbocycles. The molecule has 2 atom stereocenters. The Kier molecular flexibility index (Phi) is 15.2. The van der Waals surface area contributed by atoms with Crippen LogP contribution in [0.3, 0.4) is 0 Å². The van der Waals surface area contributed by atoms with E-state index in [4.69, 9.17) is 30.6 Å². The lowest BCUT2D eigenvalue weighted by Crippen LogP contribution is -2.50. The van der Waals surface area contributed by atoms with Gasteiger partial charge in [-0.15, -0.1) is 0 Å². The van der Waals surface area contributed by atoms with Crippen molar-refractivity contribution >= 4 is 47.6 Å². The van der Waals surface area contributed by atoms with Crippen molar-refractivity contribution in [2.75, 3.05) is 39.3 Å². The second-order valence-electron chi connectivity index (χ2n) is 7.99. The standard InChI is InChI=1S/C20H30N4O14/c25-13(21-11(19(35)36)1-3-15(27)28)7-23(9-17(31)32)5-6-24(10-18(33)34)8-14(26)22-12(20(37)38)2-4-16(29)30/h11-12H,1-10H2,(H,21,25)(H,22,26)(H,27,28)(H,29,30)(H,31,32)(H,33,34)(H,35,36)(H,37,38). The molecule has 0 aromatic rings. The normalized spacial score (nSPS) is 12.4. The number of rotatable bonds is 21. The number of carbonyl (C=O) groups is 8. The molecule has 8 N–H and O–H groups in total. The van der Waals surface area contributed by atoms with E-state index in [9.17, 15) is 38.4 Å². The second-order valence-corrected chi connectivity index (χ2v) is 7.99. The van der Waals surface area contributed by atoms with E-state index in [0.29, 0.717) is 0 Å². The lowest BCUT2D eigenvalue weighted by Gasteiger charge is -2.26. The molecule has 0 radical (unpaired) electrons. The van der Waals surface area contributed by atoms with Crippen molar-refractivity contribution in [1.82, 2.24) is 20.4 Å². The SMILES string of the molecule is O=C(O)CCC(NC(=O)CN(CCN(CC(=O)O)CC(=O)NC(CCC(=O)O)C(=O)O)CC(=O)O)C(=O)O. The van der Waals surface area contributed by atoms with Crippen LogP contribution >= 0.6 is 0 Å². The topological polar surface area (TPSA) is 288 Å². The maximum Gasteiger partial charge on any atom is 0.326 e. The Bertz CT molecular complexity index is 836. The highest BCUT2D eigenvalue weighted by atomic mass is 16.4. The highest BCUT2D eigenvalue weighted by Gasteiger charge is 2.25. The third-order valence-corrected chi connectivity index (χ3v) is 4.75. The summed E-state index contributed by atoms with van der Waals surface area (Å²) in [6, 6.07) is -3.11. The Morgan fingerprint density at radius 2 is 0.816 bits per heavy atom. The van der Waals surface area contributed by atoms with Crippen LogP contribution in [-0.2, 0) is 38.4 Å². The number of aliphatic carboxylic acids is 6. The number of carbonyl (C=O) groups excluding carboxylic acids is 2. The third-order valence-electron chi connectivity index (χ3n) is 4.75. The zero-order valence-electron chi connectivity index (χ0n) is 20.1. The fraction of sp³-hybridized carbons (Fsp3) is 0.600. The summed E-state index contributed by atoms with van der Waals surface area (Å²) in [6.45, 7) is -3.38. The first-order valence-corrected chi connectivity index (χ1v) is 11.0. The fourth-order valence-corrected chi connectivity index (χ4v) is 3.03. The summed E-state index contributed by atoms with van der Waals surface area (Å²) >= 11 is 0. The van der Waals surface area contributed by atoms with Gasteiger partial charge < -0.3 is 41.3 Å². The summed E-state index contributed by atoms with van der Waals surface area (Å²) in [6.07, 6.45) is -1.97. The molecular weight excluding hydrogens is 520 g/mol. The van der Waals surface area contributed by atoms with Gasteiger partial charge in [-0.25, -0.2) is 9.59 Å². The van der Waals surface area contributed by atoms with Crippen LogP contribution in [0.25, 0.3) is 0 Å². The van der Waals surface area contributed by atoms with Gasteiger partial charge in [-0.2, -0.15) is 0 Å². The van der Waals surface area contributed by atoms with Crippen molar-refractivity contribution in [2.45, 2.75) is 37.8 Å². The summed E-state index contributed by atoms with van der Waals surface area (Å²) < 4.78 is 0. The minimum atomic E-state index is -1.55. The molecule has 0 rings (SSSR count). The molecule has 18 heteroatoms. The van der Waals surface area contributed by atoms with E-state index in [0.717, 1.165) is 9.80 Å². The summed E-state index contributed by atoms with van der Waals surface area (Å²) in [7, 11) is 0. The van der Waals surface area contributed by atoms with Gasteiger partial charge in [-0.1, -0.05) is 0 Å². The molecule has 38 heavy (non-hydrogen) atoms. The molecule has 0 aromatic carbocycles.